The van der Waals surface area contributed by atoms with Crippen LogP contribution < -0.4 is 5.32 Å². The van der Waals surface area contributed by atoms with Gasteiger partial charge in [0.05, 0.1) is 22.0 Å². The minimum Gasteiger partial charge on any atom is -0.321 e. The number of amides is 1. The van der Waals surface area contributed by atoms with Crippen molar-refractivity contribution >= 4 is 23.2 Å². The quantitative estimate of drug-likeness (QED) is 0.529. The molecule has 5 nitrogen and oxygen atoms in total. The summed E-state index contributed by atoms with van der Waals surface area (Å²) >= 11 is 6.16. The molecule has 0 bridgehead atoms. The molecule has 4 aromatic rings. The second-order valence-electron chi connectivity index (χ2n) is 5.99. The zero-order valence-electron chi connectivity index (χ0n) is 14.7. The predicted molar refractivity (Wildman–Crippen MR) is 110 cm³/mol. The van der Waals surface area contributed by atoms with Crippen molar-refractivity contribution in [2.75, 3.05) is 5.32 Å². The number of benzene rings is 2. The summed E-state index contributed by atoms with van der Waals surface area (Å²) in [6.07, 6.45) is 4.86. The molecule has 0 aliphatic carbocycles. The molecule has 4 rings (SSSR count). The topological polar surface area (TPSA) is 67.8 Å². The lowest BCUT2D eigenvalue weighted by Gasteiger charge is -2.12. The molecule has 28 heavy (non-hydrogen) atoms. The molecule has 0 spiro atoms. The lowest BCUT2D eigenvalue weighted by Crippen LogP contribution is -2.15. The lowest BCUT2D eigenvalue weighted by atomic mass is 10.1. The fraction of sp³-hybridized carbons (Fsp3) is 0. The monoisotopic (exact) mass is 386 g/mol. The van der Waals surface area contributed by atoms with Crippen molar-refractivity contribution in [3.8, 4) is 22.6 Å². The molecule has 0 radical (unpaired) electrons. The minimum atomic E-state index is -0.334. The maximum atomic E-state index is 12.9. The Hall–Kier alpha value is -3.57. The number of nitrogens with zero attached hydrogens (tertiary/aromatic N) is 3. The molecule has 0 saturated carbocycles. The number of halogens is 1. The Balaban J connectivity index is 1.78. The van der Waals surface area contributed by atoms with Gasteiger partial charge in [0.1, 0.15) is 0 Å². The molecule has 2 aromatic heterocycles. The number of nitrogens with one attached hydrogen (secondary N) is 1. The number of carbonyl (C=O) groups is 1. The molecular formula is C22H15ClN4O. The number of anilines is 1. The summed E-state index contributed by atoms with van der Waals surface area (Å²) in [7, 11) is 0. The first-order valence-electron chi connectivity index (χ1n) is 8.61. The van der Waals surface area contributed by atoms with E-state index in [9.17, 15) is 4.79 Å². The van der Waals surface area contributed by atoms with E-state index < -0.39 is 0 Å². The largest absolute Gasteiger partial charge is 0.321 e. The van der Waals surface area contributed by atoms with Crippen molar-refractivity contribution in [1.29, 1.82) is 0 Å². The van der Waals surface area contributed by atoms with Crippen LogP contribution in [-0.4, -0.2) is 20.9 Å². The second-order valence-corrected chi connectivity index (χ2v) is 6.40. The van der Waals surface area contributed by atoms with Crippen LogP contribution in [0.3, 0.4) is 0 Å². The molecule has 0 saturated heterocycles. The van der Waals surface area contributed by atoms with Crippen LogP contribution in [0.25, 0.3) is 22.6 Å². The van der Waals surface area contributed by atoms with E-state index in [2.05, 4.69) is 20.3 Å². The predicted octanol–water partition coefficient (Wildman–Crippen LogP) is 5.11. The van der Waals surface area contributed by atoms with E-state index in [1.54, 1.807) is 36.7 Å². The fourth-order valence-corrected chi connectivity index (χ4v) is 2.94. The van der Waals surface area contributed by atoms with Gasteiger partial charge < -0.3 is 5.32 Å². The van der Waals surface area contributed by atoms with Crippen LogP contribution in [0, 0.1) is 0 Å². The SMILES string of the molecule is O=C(Nc1ccccc1Cl)c1cnc(-c2ccccc2)nc1-c1ccncc1. The normalized spacial score (nSPS) is 10.5. The Morgan fingerprint density at radius 1 is 0.857 bits per heavy atom. The van der Waals surface area contributed by atoms with Crippen LogP contribution in [0.1, 0.15) is 10.4 Å². The molecule has 2 aromatic carbocycles. The van der Waals surface area contributed by atoms with Gasteiger partial charge in [0, 0.05) is 29.7 Å². The summed E-state index contributed by atoms with van der Waals surface area (Å²) in [5.41, 5.74) is 3.06. The van der Waals surface area contributed by atoms with Crippen LogP contribution in [0.2, 0.25) is 5.02 Å². The summed E-state index contributed by atoms with van der Waals surface area (Å²) in [4.78, 5) is 26.1. The number of hydrogen-bond donors (Lipinski definition) is 1. The summed E-state index contributed by atoms with van der Waals surface area (Å²) in [6, 6.07) is 20.3. The van der Waals surface area contributed by atoms with Crippen molar-refractivity contribution in [2.24, 2.45) is 0 Å². The third-order valence-corrected chi connectivity index (χ3v) is 4.47. The molecule has 0 unspecified atom stereocenters. The molecule has 0 fully saturated rings. The van der Waals surface area contributed by atoms with Crippen molar-refractivity contribution in [3.63, 3.8) is 0 Å². The zero-order valence-corrected chi connectivity index (χ0v) is 15.5. The van der Waals surface area contributed by atoms with E-state index >= 15 is 0 Å². The number of aromatic nitrogens is 3. The van der Waals surface area contributed by atoms with Gasteiger partial charge in [-0.1, -0.05) is 54.1 Å². The molecule has 6 heteroatoms. The summed E-state index contributed by atoms with van der Waals surface area (Å²) < 4.78 is 0. The first kappa shape index (κ1) is 17.8. The van der Waals surface area contributed by atoms with Gasteiger partial charge in [0.25, 0.3) is 5.91 Å². The molecule has 1 amide bonds. The highest BCUT2D eigenvalue weighted by atomic mass is 35.5. The maximum Gasteiger partial charge on any atom is 0.259 e. The van der Waals surface area contributed by atoms with E-state index in [-0.39, 0.29) is 5.91 Å². The van der Waals surface area contributed by atoms with Gasteiger partial charge >= 0.3 is 0 Å². The van der Waals surface area contributed by atoms with E-state index in [1.165, 1.54) is 6.20 Å². The minimum absolute atomic E-state index is 0.334. The maximum absolute atomic E-state index is 12.9. The summed E-state index contributed by atoms with van der Waals surface area (Å²) in [5.74, 6) is 0.209. The lowest BCUT2D eigenvalue weighted by molar-refractivity contribution is 0.102. The second kappa shape index (κ2) is 7.98. The van der Waals surface area contributed by atoms with Crippen LogP contribution in [0.4, 0.5) is 5.69 Å². The molecule has 2 heterocycles. The molecule has 0 atom stereocenters. The zero-order chi connectivity index (χ0) is 19.3. The molecule has 136 valence electrons. The Kier molecular flexibility index (Phi) is 5.08. The first-order chi connectivity index (χ1) is 13.7. The molecule has 0 aliphatic heterocycles. The Morgan fingerprint density at radius 3 is 2.32 bits per heavy atom. The Labute approximate surface area is 167 Å². The molecule has 1 N–H and O–H groups in total. The highest BCUT2D eigenvalue weighted by molar-refractivity contribution is 6.34. The van der Waals surface area contributed by atoms with Gasteiger partial charge in [-0.05, 0) is 24.3 Å². The van der Waals surface area contributed by atoms with Gasteiger partial charge in [-0.15, -0.1) is 0 Å². The van der Waals surface area contributed by atoms with Gasteiger partial charge in [0.15, 0.2) is 5.82 Å². The van der Waals surface area contributed by atoms with Gasteiger partial charge in [-0.2, -0.15) is 0 Å². The Morgan fingerprint density at radius 2 is 1.57 bits per heavy atom. The average molecular weight is 387 g/mol. The van der Waals surface area contributed by atoms with Gasteiger partial charge in [0.2, 0.25) is 0 Å². The first-order valence-corrected chi connectivity index (χ1v) is 8.99. The number of para-hydroxylation sites is 1. The third-order valence-electron chi connectivity index (χ3n) is 4.14. The molecule has 0 aliphatic rings. The van der Waals surface area contributed by atoms with Crippen LogP contribution >= 0.6 is 11.6 Å². The third kappa shape index (κ3) is 3.75. The van der Waals surface area contributed by atoms with Crippen molar-refractivity contribution in [2.45, 2.75) is 0 Å². The number of pyridine rings is 1. The summed E-state index contributed by atoms with van der Waals surface area (Å²) in [5, 5.41) is 3.29. The van der Waals surface area contributed by atoms with E-state index in [4.69, 9.17) is 11.6 Å². The fourth-order valence-electron chi connectivity index (χ4n) is 2.76. The highest BCUT2D eigenvalue weighted by Crippen LogP contribution is 2.26. The highest BCUT2D eigenvalue weighted by Gasteiger charge is 2.18. The summed E-state index contributed by atoms with van der Waals surface area (Å²) in [6.45, 7) is 0. The van der Waals surface area contributed by atoms with Crippen molar-refractivity contribution in [1.82, 2.24) is 15.0 Å². The van der Waals surface area contributed by atoms with E-state index in [0.717, 1.165) is 11.1 Å². The van der Waals surface area contributed by atoms with Gasteiger partial charge in [-0.3, -0.25) is 9.78 Å². The van der Waals surface area contributed by atoms with Crippen molar-refractivity contribution < 1.29 is 4.79 Å². The standard InChI is InChI=1S/C22H15ClN4O/c23-18-8-4-5-9-19(18)26-22(28)17-14-25-21(16-6-2-1-3-7-16)27-20(17)15-10-12-24-13-11-15/h1-14H,(H,26,28). The van der Waals surface area contributed by atoms with Crippen LogP contribution in [0.15, 0.2) is 85.3 Å². The van der Waals surface area contributed by atoms with E-state index in [0.29, 0.717) is 27.8 Å². The number of hydrogen-bond acceptors (Lipinski definition) is 4. The Bertz CT molecular complexity index is 1120. The van der Waals surface area contributed by atoms with E-state index in [1.807, 2.05) is 42.5 Å². The van der Waals surface area contributed by atoms with Gasteiger partial charge in [-0.25, -0.2) is 9.97 Å². The molecular weight excluding hydrogens is 372 g/mol. The van der Waals surface area contributed by atoms with Crippen molar-refractivity contribution in [3.05, 3.63) is 95.9 Å². The average Bonchev–Trinajstić information content (AvgIpc) is 2.76. The van der Waals surface area contributed by atoms with Crippen LogP contribution in [-0.2, 0) is 0 Å². The smallest absolute Gasteiger partial charge is 0.259 e. The number of carbonyl (C=O) groups excluding carboxylic acids is 1. The number of rotatable bonds is 4. The van der Waals surface area contributed by atoms with Crippen LogP contribution in [0.5, 0.6) is 0 Å².